The molecule has 5 rings (SSSR count). The number of rotatable bonds is 3. The SMILES string of the molecule is COc1ccccc1NC(=O)[C@H]1C(=O)N[C@@]23CCCC[C@H]2[C@H]1c1ccccc1O3. The van der Waals surface area contributed by atoms with Crippen molar-refractivity contribution < 1.29 is 19.1 Å². The number of anilines is 1. The number of ether oxygens (including phenoxy) is 2. The van der Waals surface area contributed by atoms with Crippen molar-refractivity contribution in [1.82, 2.24) is 5.32 Å². The lowest BCUT2D eigenvalue weighted by molar-refractivity contribution is -0.160. The minimum atomic E-state index is -0.818. The summed E-state index contributed by atoms with van der Waals surface area (Å²) in [6.45, 7) is 0. The molecule has 150 valence electrons. The van der Waals surface area contributed by atoms with Gasteiger partial charge in [-0.15, -0.1) is 0 Å². The standard InChI is InChI=1S/C23H24N2O4/c1-28-18-12-5-3-10-16(18)24-21(26)20-19-14-8-2-4-11-17(14)29-23(25-22(20)27)13-7-6-9-15(19)23/h2-5,8,10-12,15,19-20H,6-7,9,13H2,1H3,(H,24,26)(H,25,27)/t15-,19+,20-,23+/m0/s1. The first-order valence-corrected chi connectivity index (χ1v) is 10.2. The lowest BCUT2D eigenvalue weighted by Gasteiger charge is -2.55. The highest BCUT2D eigenvalue weighted by Gasteiger charge is 2.60. The molecule has 2 aliphatic heterocycles. The van der Waals surface area contributed by atoms with Gasteiger partial charge in [0.05, 0.1) is 12.8 Å². The van der Waals surface area contributed by atoms with Gasteiger partial charge in [0.2, 0.25) is 11.8 Å². The Hall–Kier alpha value is -3.02. The maximum Gasteiger partial charge on any atom is 0.237 e. The Morgan fingerprint density at radius 3 is 2.83 bits per heavy atom. The maximum atomic E-state index is 13.4. The highest BCUT2D eigenvalue weighted by atomic mass is 16.5. The van der Waals surface area contributed by atoms with Crippen LogP contribution < -0.4 is 20.1 Å². The van der Waals surface area contributed by atoms with Gasteiger partial charge in [0.15, 0.2) is 5.72 Å². The average molecular weight is 392 g/mol. The number of carbonyl (C=O) groups excluding carboxylic acids is 2. The van der Waals surface area contributed by atoms with Gasteiger partial charge in [-0.25, -0.2) is 0 Å². The molecule has 1 saturated carbocycles. The first kappa shape index (κ1) is 18.0. The second-order valence-electron chi connectivity index (χ2n) is 8.06. The van der Waals surface area contributed by atoms with E-state index in [2.05, 4.69) is 10.6 Å². The predicted molar refractivity (Wildman–Crippen MR) is 108 cm³/mol. The van der Waals surface area contributed by atoms with Gasteiger partial charge in [0.25, 0.3) is 0 Å². The minimum Gasteiger partial charge on any atom is -0.495 e. The van der Waals surface area contributed by atoms with Crippen LogP contribution in [0.1, 0.15) is 37.2 Å². The molecule has 29 heavy (non-hydrogen) atoms. The van der Waals surface area contributed by atoms with Crippen molar-refractivity contribution in [1.29, 1.82) is 0 Å². The number of benzene rings is 2. The smallest absolute Gasteiger partial charge is 0.237 e. The monoisotopic (exact) mass is 392 g/mol. The molecule has 0 spiro atoms. The predicted octanol–water partition coefficient (Wildman–Crippen LogP) is 3.44. The van der Waals surface area contributed by atoms with E-state index >= 15 is 0 Å². The van der Waals surface area contributed by atoms with Crippen LogP contribution in [-0.4, -0.2) is 24.6 Å². The maximum absolute atomic E-state index is 13.4. The van der Waals surface area contributed by atoms with Crippen molar-refractivity contribution in [3.63, 3.8) is 0 Å². The van der Waals surface area contributed by atoms with Crippen molar-refractivity contribution >= 4 is 17.5 Å². The molecule has 2 aromatic rings. The summed E-state index contributed by atoms with van der Waals surface area (Å²) >= 11 is 0. The fraction of sp³-hybridized carbons (Fsp3) is 0.391. The van der Waals surface area contributed by atoms with E-state index in [1.54, 1.807) is 19.2 Å². The molecule has 2 fully saturated rings. The van der Waals surface area contributed by atoms with Gasteiger partial charge < -0.3 is 20.1 Å². The molecule has 2 bridgehead atoms. The number of nitrogens with one attached hydrogen (secondary N) is 2. The molecule has 4 atom stereocenters. The van der Waals surface area contributed by atoms with Gasteiger partial charge in [-0.1, -0.05) is 36.8 Å². The summed E-state index contributed by atoms with van der Waals surface area (Å²) in [5, 5.41) is 6.02. The number of hydrogen-bond acceptors (Lipinski definition) is 4. The number of methoxy groups -OCH3 is 1. The van der Waals surface area contributed by atoms with Crippen LogP contribution in [0, 0.1) is 11.8 Å². The Kier molecular flexibility index (Phi) is 4.23. The van der Waals surface area contributed by atoms with Crippen molar-refractivity contribution in [2.24, 2.45) is 11.8 Å². The zero-order valence-corrected chi connectivity index (χ0v) is 16.3. The second-order valence-corrected chi connectivity index (χ2v) is 8.06. The van der Waals surface area contributed by atoms with E-state index < -0.39 is 11.6 Å². The Labute approximate surface area is 169 Å². The van der Waals surface area contributed by atoms with Crippen LogP contribution in [0.4, 0.5) is 5.69 Å². The largest absolute Gasteiger partial charge is 0.495 e. The highest BCUT2D eigenvalue weighted by Crippen LogP contribution is 2.55. The Balaban J connectivity index is 1.55. The lowest BCUT2D eigenvalue weighted by Crippen LogP contribution is -2.69. The fourth-order valence-electron chi connectivity index (χ4n) is 5.31. The topological polar surface area (TPSA) is 76.7 Å². The number of carbonyl (C=O) groups is 2. The molecule has 3 aliphatic rings. The number of hydrogen-bond donors (Lipinski definition) is 2. The molecule has 0 radical (unpaired) electrons. The van der Waals surface area contributed by atoms with Crippen LogP contribution in [0.2, 0.25) is 0 Å². The van der Waals surface area contributed by atoms with Crippen LogP contribution >= 0.6 is 0 Å². The normalized spacial score (nSPS) is 29.6. The summed E-state index contributed by atoms with van der Waals surface area (Å²) in [5.41, 5.74) is 0.814. The van der Waals surface area contributed by atoms with Crippen molar-refractivity contribution in [3.05, 3.63) is 54.1 Å². The minimum absolute atomic E-state index is 0.0808. The lowest BCUT2D eigenvalue weighted by atomic mass is 9.62. The number of fused-ring (bicyclic) bond motifs is 2. The third kappa shape index (κ3) is 2.77. The van der Waals surface area contributed by atoms with Crippen LogP contribution in [0.15, 0.2) is 48.5 Å². The number of amides is 2. The third-order valence-electron chi connectivity index (χ3n) is 6.54. The molecule has 2 aromatic carbocycles. The van der Waals surface area contributed by atoms with E-state index in [1.807, 2.05) is 36.4 Å². The molecule has 0 aromatic heterocycles. The van der Waals surface area contributed by atoms with Crippen LogP contribution in [0.3, 0.4) is 0 Å². The number of piperidine rings is 1. The Bertz CT molecular complexity index is 975. The molecular formula is C23H24N2O4. The van der Waals surface area contributed by atoms with Gasteiger partial charge >= 0.3 is 0 Å². The van der Waals surface area contributed by atoms with Gasteiger partial charge in [-0.3, -0.25) is 9.59 Å². The summed E-state index contributed by atoms with van der Waals surface area (Å²) < 4.78 is 11.7. The first-order valence-electron chi connectivity index (χ1n) is 10.2. The molecule has 1 aliphatic carbocycles. The quantitative estimate of drug-likeness (QED) is 0.785. The molecule has 6 heteroatoms. The van der Waals surface area contributed by atoms with E-state index in [-0.39, 0.29) is 23.7 Å². The zero-order chi connectivity index (χ0) is 20.0. The second kappa shape index (κ2) is 6.79. The fourth-order valence-corrected chi connectivity index (χ4v) is 5.31. The molecule has 6 nitrogen and oxygen atoms in total. The third-order valence-corrected chi connectivity index (χ3v) is 6.54. The summed E-state index contributed by atoms with van der Waals surface area (Å²) in [4.78, 5) is 26.5. The van der Waals surface area contributed by atoms with E-state index in [0.29, 0.717) is 11.4 Å². The Morgan fingerprint density at radius 1 is 1.17 bits per heavy atom. The van der Waals surface area contributed by atoms with Crippen LogP contribution in [-0.2, 0) is 9.59 Å². The first-order chi connectivity index (χ1) is 14.1. The van der Waals surface area contributed by atoms with E-state index in [1.165, 1.54) is 0 Å². The molecule has 2 N–H and O–H groups in total. The van der Waals surface area contributed by atoms with E-state index in [9.17, 15) is 9.59 Å². The molecule has 2 amide bonds. The Morgan fingerprint density at radius 2 is 1.97 bits per heavy atom. The van der Waals surface area contributed by atoms with Crippen LogP contribution in [0.25, 0.3) is 0 Å². The average Bonchev–Trinajstić information content (AvgIpc) is 2.73. The van der Waals surface area contributed by atoms with Gasteiger partial charge in [0, 0.05) is 18.3 Å². The summed E-state index contributed by atoms with van der Waals surface area (Å²) in [5.74, 6) is -0.188. The molecular weight excluding hydrogens is 368 g/mol. The van der Waals surface area contributed by atoms with Crippen LogP contribution in [0.5, 0.6) is 11.5 Å². The summed E-state index contributed by atoms with van der Waals surface area (Å²) in [7, 11) is 1.56. The van der Waals surface area contributed by atoms with Gasteiger partial charge in [-0.05, 0) is 36.6 Å². The zero-order valence-electron chi connectivity index (χ0n) is 16.3. The van der Waals surface area contributed by atoms with Crippen molar-refractivity contribution in [2.75, 3.05) is 12.4 Å². The number of para-hydroxylation sites is 3. The van der Waals surface area contributed by atoms with Crippen molar-refractivity contribution in [3.8, 4) is 11.5 Å². The van der Waals surface area contributed by atoms with Crippen molar-refractivity contribution in [2.45, 2.75) is 37.3 Å². The summed E-state index contributed by atoms with van der Waals surface area (Å²) in [6.07, 6.45) is 3.78. The van der Waals surface area contributed by atoms with E-state index in [0.717, 1.165) is 37.0 Å². The van der Waals surface area contributed by atoms with Gasteiger partial charge in [-0.2, -0.15) is 0 Å². The molecule has 1 saturated heterocycles. The van der Waals surface area contributed by atoms with Gasteiger partial charge in [0.1, 0.15) is 17.4 Å². The molecule has 0 unspecified atom stereocenters. The van der Waals surface area contributed by atoms with E-state index in [4.69, 9.17) is 9.47 Å². The summed E-state index contributed by atoms with van der Waals surface area (Å²) in [6, 6.07) is 15.0. The molecule has 2 heterocycles. The highest BCUT2D eigenvalue weighted by molar-refractivity contribution is 6.08.